The average molecular weight is 734 g/mol. The van der Waals surface area contributed by atoms with Gasteiger partial charge in [0.15, 0.2) is 0 Å². The van der Waals surface area contributed by atoms with E-state index in [0.29, 0.717) is 12.5 Å². The molecule has 3 amide bonds. The Hall–Kier alpha value is -3.49. The van der Waals surface area contributed by atoms with E-state index in [0.717, 1.165) is 34.1 Å². The zero-order valence-electron chi connectivity index (χ0n) is 29.8. The van der Waals surface area contributed by atoms with Crippen molar-refractivity contribution in [2.45, 2.75) is 70.1 Å². The molecule has 1 saturated heterocycles. The van der Waals surface area contributed by atoms with Gasteiger partial charge >= 0.3 is 0 Å². The van der Waals surface area contributed by atoms with Gasteiger partial charge in [0.25, 0.3) is 0 Å². The maximum Gasteiger partial charge on any atom is 0.239 e. The lowest BCUT2D eigenvalue weighted by Gasteiger charge is -2.41. The van der Waals surface area contributed by atoms with Crippen LogP contribution in [0, 0.1) is 5.92 Å². The van der Waals surface area contributed by atoms with Crippen LogP contribution in [-0.2, 0) is 19.8 Å². The second kappa shape index (κ2) is 20.2. The van der Waals surface area contributed by atoms with Crippen LogP contribution in [0.1, 0.15) is 81.4 Å². The van der Waals surface area contributed by atoms with Crippen LogP contribution in [0.5, 0.6) is 0 Å². The lowest BCUT2D eigenvalue weighted by Crippen LogP contribution is -3.00. The SMILES string of the molecule is CCCCCCC[N+]1(C)CCC[C@H](CNC(=O)CCNC(=O)CN(C)C(=O)CC(c2ccccc2)(c2ccccc2)c2ccccc2)C1.[Br-]. The molecule has 8 heteroatoms. The minimum Gasteiger partial charge on any atom is -1.00 e. The molecule has 3 aromatic carbocycles. The first-order chi connectivity index (χ1) is 23.3. The third-order valence-electron chi connectivity index (χ3n) is 10.1. The Bertz CT molecular complexity index is 1330. The zero-order valence-corrected chi connectivity index (χ0v) is 31.4. The number of piperidine rings is 1. The van der Waals surface area contributed by atoms with Gasteiger partial charge in [-0.1, -0.05) is 117 Å². The van der Waals surface area contributed by atoms with Gasteiger partial charge < -0.3 is 37.0 Å². The third-order valence-corrected chi connectivity index (χ3v) is 10.1. The summed E-state index contributed by atoms with van der Waals surface area (Å²) in [5.74, 6) is 0.0331. The van der Waals surface area contributed by atoms with Gasteiger partial charge in [-0.3, -0.25) is 14.4 Å². The smallest absolute Gasteiger partial charge is 0.239 e. The third kappa shape index (κ3) is 11.8. The molecule has 49 heavy (non-hydrogen) atoms. The Morgan fingerprint density at radius 2 is 1.35 bits per heavy atom. The quantitative estimate of drug-likeness (QED) is 0.120. The van der Waals surface area contributed by atoms with Crippen LogP contribution in [0.25, 0.3) is 0 Å². The maximum absolute atomic E-state index is 13.9. The molecule has 1 aliphatic heterocycles. The van der Waals surface area contributed by atoms with Crippen molar-refractivity contribution >= 4 is 17.7 Å². The molecule has 1 heterocycles. The fourth-order valence-electron chi connectivity index (χ4n) is 7.39. The number of likely N-dealkylation sites (N-methyl/N-ethyl adjacent to an activating group) is 1. The standard InChI is InChI=1S/C41H56N4O3.BrH/c1-4-5-6-7-17-28-45(3)29-18-19-34(33-45)31-43-38(46)26-27-42-39(47)32-44(2)40(48)30-41(35-20-11-8-12-21-35,36-22-13-9-14-23-36)37-24-15-10-16-25-37;/h8-16,20-25,34H,4-7,17-19,26-33H2,1-3H3,(H-,42,43,46,47);1H/t34-,45?;/m1./s1. The van der Waals surface area contributed by atoms with Gasteiger partial charge in [0.1, 0.15) is 0 Å². The molecule has 3 aromatic rings. The van der Waals surface area contributed by atoms with E-state index in [4.69, 9.17) is 0 Å². The number of likely N-dealkylation sites (tertiary alicyclic amines) is 1. The molecule has 0 bridgehead atoms. The second-order valence-electron chi connectivity index (χ2n) is 14.0. The van der Waals surface area contributed by atoms with Crippen molar-refractivity contribution in [1.82, 2.24) is 15.5 Å². The molecule has 7 nitrogen and oxygen atoms in total. The summed E-state index contributed by atoms with van der Waals surface area (Å²) in [7, 11) is 4.04. The molecular weight excluding hydrogens is 676 g/mol. The van der Waals surface area contributed by atoms with Gasteiger partial charge in [-0.15, -0.1) is 0 Å². The molecule has 2 atom stereocenters. The monoisotopic (exact) mass is 732 g/mol. The van der Waals surface area contributed by atoms with Gasteiger partial charge in [0, 0.05) is 38.9 Å². The van der Waals surface area contributed by atoms with Crippen LogP contribution in [0.4, 0.5) is 0 Å². The molecular formula is C41H57BrN4O3. The molecule has 0 aliphatic carbocycles. The number of rotatable bonds is 18. The van der Waals surface area contributed by atoms with Crippen molar-refractivity contribution in [3.05, 3.63) is 108 Å². The van der Waals surface area contributed by atoms with Crippen molar-refractivity contribution in [1.29, 1.82) is 0 Å². The summed E-state index contributed by atoms with van der Waals surface area (Å²) < 4.78 is 1.11. The zero-order chi connectivity index (χ0) is 34.2. The van der Waals surface area contributed by atoms with E-state index in [1.807, 2.05) is 54.6 Å². The van der Waals surface area contributed by atoms with Crippen LogP contribution < -0.4 is 27.6 Å². The topological polar surface area (TPSA) is 78.5 Å². The predicted octanol–water partition coefficient (Wildman–Crippen LogP) is 3.32. The van der Waals surface area contributed by atoms with Crippen LogP contribution in [-0.4, -0.2) is 80.5 Å². The molecule has 0 spiro atoms. The highest BCUT2D eigenvalue weighted by Crippen LogP contribution is 2.42. The highest BCUT2D eigenvalue weighted by molar-refractivity contribution is 5.86. The van der Waals surface area contributed by atoms with Gasteiger partial charge in [0.05, 0.1) is 38.6 Å². The summed E-state index contributed by atoms with van der Waals surface area (Å²) in [4.78, 5) is 40.9. The highest BCUT2D eigenvalue weighted by atomic mass is 79.9. The lowest BCUT2D eigenvalue weighted by molar-refractivity contribution is -0.917. The normalized spacial score (nSPS) is 17.4. The first-order valence-electron chi connectivity index (χ1n) is 18.0. The van der Waals surface area contributed by atoms with Crippen molar-refractivity contribution in [3.8, 4) is 0 Å². The van der Waals surface area contributed by atoms with E-state index in [1.165, 1.54) is 56.5 Å². The molecule has 0 saturated carbocycles. The fraction of sp³-hybridized carbons (Fsp3) is 0.488. The molecule has 1 fully saturated rings. The number of carbonyl (C=O) groups excluding carboxylic acids is 3. The van der Waals surface area contributed by atoms with Gasteiger partial charge in [0.2, 0.25) is 17.7 Å². The number of hydrogen-bond donors (Lipinski definition) is 2. The number of benzene rings is 3. The Balaban J connectivity index is 0.00000650. The van der Waals surface area contributed by atoms with Crippen molar-refractivity contribution < 1.29 is 35.8 Å². The first-order valence-corrected chi connectivity index (χ1v) is 18.0. The lowest BCUT2D eigenvalue weighted by atomic mass is 9.67. The summed E-state index contributed by atoms with van der Waals surface area (Å²) in [6.45, 7) is 6.68. The van der Waals surface area contributed by atoms with E-state index in [-0.39, 0.29) is 60.6 Å². The Kier molecular flexibility index (Phi) is 16.5. The highest BCUT2D eigenvalue weighted by Gasteiger charge is 2.39. The maximum atomic E-state index is 13.9. The Labute approximate surface area is 305 Å². The van der Waals surface area contributed by atoms with E-state index in [9.17, 15) is 14.4 Å². The molecule has 0 aromatic heterocycles. The minimum absolute atomic E-state index is 0. The number of amides is 3. The molecule has 1 aliphatic rings. The number of nitrogens with one attached hydrogen (secondary N) is 2. The van der Waals surface area contributed by atoms with E-state index >= 15 is 0 Å². The largest absolute Gasteiger partial charge is 1.00 e. The van der Waals surface area contributed by atoms with Crippen molar-refractivity contribution in [2.75, 3.05) is 53.4 Å². The van der Waals surface area contributed by atoms with Crippen molar-refractivity contribution in [2.24, 2.45) is 5.92 Å². The molecule has 4 rings (SSSR count). The number of nitrogens with zero attached hydrogens (tertiary/aromatic N) is 2. The second-order valence-corrected chi connectivity index (χ2v) is 14.0. The summed E-state index contributed by atoms with van der Waals surface area (Å²) in [5, 5.41) is 5.96. The number of quaternary nitrogens is 1. The predicted molar refractivity (Wildman–Crippen MR) is 194 cm³/mol. The van der Waals surface area contributed by atoms with Crippen LogP contribution in [0.15, 0.2) is 91.0 Å². The van der Waals surface area contributed by atoms with E-state index in [2.05, 4.69) is 61.0 Å². The summed E-state index contributed by atoms with van der Waals surface area (Å²) in [6, 6.07) is 30.3. The number of halogens is 1. The van der Waals surface area contributed by atoms with Gasteiger partial charge in [-0.05, 0) is 42.4 Å². The number of hydrogen-bond acceptors (Lipinski definition) is 3. The average Bonchev–Trinajstić information content (AvgIpc) is 3.10. The van der Waals surface area contributed by atoms with E-state index < -0.39 is 5.41 Å². The molecule has 1 unspecified atom stereocenters. The van der Waals surface area contributed by atoms with Crippen molar-refractivity contribution in [3.63, 3.8) is 0 Å². The molecule has 2 N–H and O–H groups in total. The summed E-state index contributed by atoms with van der Waals surface area (Å²) in [6.07, 6.45) is 9.27. The van der Waals surface area contributed by atoms with Crippen LogP contribution in [0.3, 0.4) is 0 Å². The summed E-state index contributed by atoms with van der Waals surface area (Å²) in [5.41, 5.74) is 2.31. The van der Waals surface area contributed by atoms with Gasteiger partial charge in [-0.2, -0.15) is 0 Å². The van der Waals surface area contributed by atoms with Crippen LogP contribution in [0.2, 0.25) is 0 Å². The van der Waals surface area contributed by atoms with Crippen LogP contribution >= 0.6 is 0 Å². The first kappa shape index (κ1) is 39.9. The molecule has 266 valence electrons. The fourth-order valence-corrected chi connectivity index (χ4v) is 7.39. The molecule has 0 radical (unpaired) electrons. The number of carbonyl (C=O) groups is 3. The Morgan fingerprint density at radius 3 is 1.90 bits per heavy atom. The minimum atomic E-state index is -0.729. The van der Waals surface area contributed by atoms with E-state index in [1.54, 1.807) is 7.05 Å². The Morgan fingerprint density at radius 1 is 0.796 bits per heavy atom. The summed E-state index contributed by atoms with van der Waals surface area (Å²) >= 11 is 0. The van der Waals surface area contributed by atoms with Gasteiger partial charge in [-0.25, -0.2) is 0 Å². The number of unbranched alkanes of at least 4 members (excludes halogenated alkanes) is 4.